The lowest BCUT2D eigenvalue weighted by atomic mass is 9.88. The number of pyridine rings is 1. The van der Waals surface area contributed by atoms with Crippen LogP contribution in [0.5, 0.6) is 0 Å². The van der Waals surface area contributed by atoms with Gasteiger partial charge in [0, 0.05) is 25.7 Å². The Labute approximate surface area is 177 Å². The molecule has 0 atom stereocenters. The molecular formula is C23H30N5O2+. The van der Waals surface area contributed by atoms with Crippen molar-refractivity contribution in [2.45, 2.75) is 26.2 Å². The lowest BCUT2D eigenvalue weighted by molar-refractivity contribution is -0.364. The van der Waals surface area contributed by atoms with Gasteiger partial charge in [-0.15, -0.1) is 0 Å². The van der Waals surface area contributed by atoms with Crippen LogP contribution in [0.25, 0.3) is 11.0 Å². The first-order valence-corrected chi connectivity index (χ1v) is 10.5. The molecule has 3 heterocycles. The number of para-hydroxylation sites is 2. The Morgan fingerprint density at radius 2 is 1.93 bits per heavy atom. The van der Waals surface area contributed by atoms with Crippen molar-refractivity contribution in [3.8, 4) is 0 Å². The second-order valence-electron chi connectivity index (χ2n) is 8.70. The highest BCUT2D eigenvalue weighted by Gasteiger charge is 2.29. The molecule has 1 fully saturated rings. The van der Waals surface area contributed by atoms with Gasteiger partial charge in [0.15, 0.2) is 0 Å². The molecule has 0 spiro atoms. The Bertz CT molecular complexity index is 1000. The van der Waals surface area contributed by atoms with Crippen molar-refractivity contribution in [2.75, 3.05) is 44.3 Å². The smallest absolute Gasteiger partial charge is 0.379 e. The van der Waals surface area contributed by atoms with Crippen LogP contribution in [0, 0.1) is 0 Å². The van der Waals surface area contributed by atoms with E-state index < -0.39 is 0 Å². The number of H-pyrrole nitrogens is 1. The molecule has 1 aromatic carbocycles. The van der Waals surface area contributed by atoms with Crippen molar-refractivity contribution in [1.29, 1.82) is 0 Å². The van der Waals surface area contributed by atoms with Crippen molar-refractivity contribution in [3.05, 3.63) is 54.5 Å². The fourth-order valence-corrected chi connectivity index (χ4v) is 3.68. The number of ether oxygens (including phenoxy) is 1. The van der Waals surface area contributed by atoms with Crippen LogP contribution in [0.1, 0.15) is 26.3 Å². The van der Waals surface area contributed by atoms with Crippen LogP contribution in [0.3, 0.4) is 0 Å². The normalized spacial score (nSPS) is 15.4. The molecule has 158 valence electrons. The summed E-state index contributed by atoms with van der Waals surface area (Å²) in [5, 5.41) is 0. The number of anilines is 1. The number of rotatable bonds is 4. The predicted octanol–water partition coefficient (Wildman–Crippen LogP) is 2.95. The zero-order chi connectivity index (χ0) is 21.1. The van der Waals surface area contributed by atoms with E-state index in [0.717, 1.165) is 49.7 Å². The standard InChI is InChI=1S/C23H29N5O2/c1-23(2,3)18-8-9-21(24-16-18)27(11-10-26-12-14-30-15-13-26)22(29)28-17-25-19-6-4-5-7-20(19)28/h4-9,16-17H,10-15H2,1-3H3/p+1. The van der Waals surface area contributed by atoms with Gasteiger partial charge in [0.25, 0.3) is 5.82 Å². The third-order valence-corrected chi connectivity index (χ3v) is 5.59. The summed E-state index contributed by atoms with van der Waals surface area (Å²) in [6, 6.07) is 11.7. The maximum atomic E-state index is 13.6. The molecule has 1 aliphatic rings. The van der Waals surface area contributed by atoms with Crippen LogP contribution in [-0.4, -0.2) is 59.9 Å². The zero-order valence-corrected chi connectivity index (χ0v) is 18.0. The van der Waals surface area contributed by atoms with Gasteiger partial charge >= 0.3 is 6.03 Å². The molecule has 7 nitrogen and oxygen atoms in total. The largest absolute Gasteiger partial charge is 0.421 e. The van der Waals surface area contributed by atoms with Gasteiger partial charge in [0.05, 0.1) is 30.4 Å². The molecule has 1 N–H and O–H groups in total. The third kappa shape index (κ3) is 4.37. The second kappa shape index (κ2) is 8.53. The lowest BCUT2D eigenvalue weighted by Gasteiger charge is -2.27. The zero-order valence-electron chi connectivity index (χ0n) is 18.0. The molecular weight excluding hydrogens is 378 g/mol. The number of benzene rings is 1. The van der Waals surface area contributed by atoms with Gasteiger partial charge < -0.3 is 4.74 Å². The van der Waals surface area contributed by atoms with E-state index in [-0.39, 0.29) is 11.4 Å². The molecule has 7 heteroatoms. The average molecular weight is 409 g/mol. The number of amides is 1. The molecule has 1 saturated heterocycles. The maximum Gasteiger partial charge on any atom is 0.421 e. The molecule has 1 aliphatic heterocycles. The lowest BCUT2D eigenvalue weighted by Crippen LogP contribution is -2.45. The highest BCUT2D eigenvalue weighted by molar-refractivity contribution is 5.97. The summed E-state index contributed by atoms with van der Waals surface area (Å²) in [5.41, 5.74) is 2.86. The first-order chi connectivity index (χ1) is 14.4. The summed E-state index contributed by atoms with van der Waals surface area (Å²) >= 11 is 0. The molecule has 30 heavy (non-hydrogen) atoms. The van der Waals surface area contributed by atoms with Crippen molar-refractivity contribution in [1.82, 2.24) is 14.5 Å². The molecule has 2 aromatic heterocycles. The summed E-state index contributed by atoms with van der Waals surface area (Å²) in [7, 11) is 0. The van der Waals surface area contributed by atoms with Crippen LogP contribution >= 0.6 is 0 Å². The first kappa shape index (κ1) is 20.5. The molecule has 3 aromatic rings. The summed E-state index contributed by atoms with van der Waals surface area (Å²) in [6.45, 7) is 11.2. The number of carbonyl (C=O) groups excluding carboxylic acids is 1. The van der Waals surface area contributed by atoms with E-state index in [9.17, 15) is 4.79 Å². The monoisotopic (exact) mass is 408 g/mol. The fourth-order valence-electron chi connectivity index (χ4n) is 3.68. The molecule has 0 bridgehead atoms. The fraction of sp³-hybridized carbons (Fsp3) is 0.435. The highest BCUT2D eigenvalue weighted by atomic mass is 16.5. The van der Waals surface area contributed by atoms with E-state index in [0.29, 0.717) is 6.54 Å². The van der Waals surface area contributed by atoms with E-state index in [1.54, 1.807) is 15.8 Å². The minimum atomic E-state index is -0.114. The second-order valence-corrected chi connectivity index (χ2v) is 8.70. The number of imidazole rings is 1. The van der Waals surface area contributed by atoms with Crippen LogP contribution in [0.4, 0.5) is 10.6 Å². The van der Waals surface area contributed by atoms with Crippen LogP contribution in [0.15, 0.2) is 48.9 Å². The summed E-state index contributed by atoms with van der Waals surface area (Å²) in [6.07, 6.45) is 3.61. The molecule has 1 amide bonds. The number of hydrogen-bond donors (Lipinski definition) is 0. The van der Waals surface area contributed by atoms with Gasteiger partial charge in [-0.05, 0) is 29.2 Å². The Hall–Kier alpha value is -2.77. The molecule has 0 aliphatic carbocycles. The Balaban J connectivity index is 1.63. The first-order valence-electron chi connectivity index (χ1n) is 10.5. The Kier molecular flexibility index (Phi) is 5.83. The Morgan fingerprint density at radius 1 is 1.17 bits per heavy atom. The van der Waals surface area contributed by atoms with Gasteiger partial charge in [0.2, 0.25) is 0 Å². The van der Waals surface area contributed by atoms with Crippen LogP contribution in [-0.2, 0) is 10.2 Å². The van der Waals surface area contributed by atoms with E-state index >= 15 is 0 Å². The number of hydrogen-bond acceptors (Lipinski definition) is 4. The molecule has 0 saturated carbocycles. The van der Waals surface area contributed by atoms with Gasteiger partial charge in [-0.1, -0.05) is 32.9 Å². The number of morpholine rings is 1. The SMILES string of the molecule is CC(C)(C)c1ccc(N(CCN2CCOCC2)C(=O)n2cnc3ccccc32)[nH+]c1. The third-order valence-electron chi connectivity index (χ3n) is 5.59. The maximum absolute atomic E-state index is 13.6. The summed E-state index contributed by atoms with van der Waals surface area (Å²) < 4.78 is 7.08. The van der Waals surface area contributed by atoms with Crippen molar-refractivity contribution in [3.63, 3.8) is 0 Å². The number of fused-ring (bicyclic) bond motifs is 1. The number of aromatic amines is 1. The topological polar surface area (TPSA) is 64.7 Å². The minimum absolute atomic E-state index is 0.0399. The van der Waals surface area contributed by atoms with Crippen LogP contribution < -0.4 is 9.88 Å². The van der Waals surface area contributed by atoms with Gasteiger partial charge in [-0.3, -0.25) is 4.90 Å². The molecule has 4 rings (SSSR count). The number of aromatic nitrogens is 3. The van der Waals surface area contributed by atoms with Crippen LogP contribution in [0.2, 0.25) is 0 Å². The number of carbonyl (C=O) groups is 1. The van der Waals surface area contributed by atoms with E-state index in [2.05, 4.69) is 41.7 Å². The van der Waals surface area contributed by atoms with Gasteiger partial charge in [-0.25, -0.2) is 19.3 Å². The summed E-state index contributed by atoms with van der Waals surface area (Å²) in [4.78, 5) is 25.4. The number of nitrogens with zero attached hydrogens (tertiary/aromatic N) is 4. The van der Waals surface area contributed by atoms with Crippen molar-refractivity contribution < 1.29 is 14.5 Å². The van der Waals surface area contributed by atoms with Gasteiger partial charge in [0.1, 0.15) is 12.9 Å². The minimum Gasteiger partial charge on any atom is -0.379 e. The number of nitrogens with one attached hydrogen (secondary N) is 1. The molecule has 0 radical (unpaired) electrons. The van der Waals surface area contributed by atoms with Crippen molar-refractivity contribution >= 4 is 22.9 Å². The van der Waals surface area contributed by atoms with Crippen molar-refractivity contribution in [2.24, 2.45) is 0 Å². The van der Waals surface area contributed by atoms with E-state index in [4.69, 9.17) is 4.74 Å². The highest BCUT2D eigenvalue weighted by Crippen LogP contribution is 2.22. The summed E-state index contributed by atoms with van der Waals surface area (Å²) in [5.74, 6) is 0.777. The quantitative estimate of drug-likeness (QED) is 0.666. The van der Waals surface area contributed by atoms with E-state index in [1.165, 1.54) is 5.56 Å². The van der Waals surface area contributed by atoms with Gasteiger partial charge in [-0.2, -0.15) is 4.90 Å². The average Bonchev–Trinajstić information content (AvgIpc) is 3.18. The molecule has 0 unspecified atom stereocenters. The Morgan fingerprint density at radius 3 is 2.63 bits per heavy atom. The van der Waals surface area contributed by atoms with E-state index in [1.807, 2.05) is 36.5 Å². The predicted molar refractivity (Wildman–Crippen MR) is 117 cm³/mol.